The predicted molar refractivity (Wildman–Crippen MR) is 132 cm³/mol. The third-order valence-corrected chi connectivity index (χ3v) is 5.26. The van der Waals surface area contributed by atoms with Crippen molar-refractivity contribution in [3.05, 3.63) is 35.4 Å². The number of piperazine rings is 1. The molecule has 0 aliphatic carbocycles. The fourth-order valence-electron chi connectivity index (χ4n) is 3.46. The molecule has 0 amide bonds. The van der Waals surface area contributed by atoms with E-state index in [9.17, 15) is 0 Å². The van der Waals surface area contributed by atoms with Gasteiger partial charge in [0.25, 0.3) is 0 Å². The zero-order valence-electron chi connectivity index (χ0n) is 18.4. The van der Waals surface area contributed by atoms with Crippen molar-refractivity contribution >= 4 is 29.9 Å². The molecule has 1 saturated heterocycles. The molecule has 2 N–H and O–H groups in total. The summed E-state index contributed by atoms with van der Waals surface area (Å²) in [5, 5.41) is 6.91. The van der Waals surface area contributed by atoms with E-state index in [-0.39, 0.29) is 24.0 Å². The van der Waals surface area contributed by atoms with E-state index in [1.807, 2.05) is 0 Å². The second kappa shape index (κ2) is 13.4. The van der Waals surface area contributed by atoms with Gasteiger partial charge in [-0.2, -0.15) is 0 Å². The first kappa shape index (κ1) is 25.2. The highest BCUT2D eigenvalue weighted by molar-refractivity contribution is 14.0. The summed E-state index contributed by atoms with van der Waals surface area (Å²) in [5.41, 5.74) is 2.69. The Bertz CT molecular complexity index is 584. The van der Waals surface area contributed by atoms with Gasteiger partial charge in [0.1, 0.15) is 0 Å². The number of aliphatic imine (C=N–C) groups is 1. The molecule has 160 valence electrons. The van der Waals surface area contributed by atoms with Gasteiger partial charge in [-0.25, -0.2) is 0 Å². The molecule has 1 heterocycles. The van der Waals surface area contributed by atoms with Crippen molar-refractivity contribution in [3.63, 3.8) is 0 Å². The highest BCUT2D eigenvalue weighted by Gasteiger charge is 2.16. The Morgan fingerprint density at radius 2 is 1.86 bits per heavy atom. The van der Waals surface area contributed by atoms with Crippen LogP contribution >= 0.6 is 24.0 Å². The number of guanidine groups is 1. The van der Waals surface area contributed by atoms with Gasteiger partial charge in [-0.1, -0.05) is 43.7 Å². The van der Waals surface area contributed by atoms with Crippen molar-refractivity contribution in [1.82, 2.24) is 20.4 Å². The number of hydrogen-bond acceptors (Lipinski definition) is 3. The zero-order chi connectivity index (χ0) is 19.6. The van der Waals surface area contributed by atoms with Crippen molar-refractivity contribution in [2.45, 2.75) is 33.6 Å². The number of likely N-dealkylation sites (N-methyl/N-ethyl adjacent to an activating group) is 1. The molecule has 1 aromatic rings. The van der Waals surface area contributed by atoms with Gasteiger partial charge in [-0.15, -0.1) is 24.0 Å². The summed E-state index contributed by atoms with van der Waals surface area (Å²) < 4.78 is 0. The van der Waals surface area contributed by atoms with Crippen LogP contribution in [-0.4, -0.2) is 75.2 Å². The van der Waals surface area contributed by atoms with Gasteiger partial charge in [-0.3, -0.25) is 4.99 Å². The molecule has 1 aromatic carbocycles. The van der Waals surface area contributed by atoms with Gasteiger partial charge in [-0.05, 0) is 38.3 Å². The first-order valence-corrected chi connectivity index (χ1v) is 10.5. The van der Waals surface area contributed by atoms with E-state index in [0.717, 1.165) is 32.1 Å². The summed E-state index contributed by atoms with van der Waals surface area (Å²) in [4.78, 5) is 9.81. The third-order valence-electron chi connectivity index (χ3n) is 5.26. The standard InChI is InChI=1S/C22H39N5.HI/c1-6-23-22(25-16-20(4)21-9-7-8-18(2)14-21)24-15-19(3)17-27-12-10-26(5)11-13-27;/h7-9,14,19-20H,6,10-13,15-17H2,1-5H3,(H2,23,24,25);1H. The first-order chi connectivity index (χ1) is 13.0. The molecule has 1 aliphatic heterocycles. The molecule has 0 radical (unpaired) electrons. The Morgan fingerprint density at radius 1 is 1.14 bits per heavy atom. The summed E-state index contributed by atoms with van der Waals surface area (Å²) in [7, 11) is 2.21. The van der Waals surface area contributed by atoms with E-state index in [1.165, 1.54) is 37.3 Å². The minimum absolute atomic E-state index is 0. The summed E-state index contributed by atoms with van der Waals surface area (Å²) in [5.74, 6) is 1.96. The second-order valence-electron chi connectivity index (χ2n) is 8.12. The number of halogens is 1. The molecule has 5 nitrogen and oxygen atoms in total. The molecule has 28 heavy (non-hydrogen) atoms. The number of rotatable bonds is 8. The molecule has 6 heteroatoms. The Labute approximate surface area is 189 Å². The number of nitrogens with zero attached hydrogens (tertiary/aromatic N) is 3. The van der Waals surface area contributed by atoms with Crippen molar-refractivity contribution in [3.8, 4) is 0 Å². The molecule has 0 aromatic heterocycles. The number of aryl methyl sites for hydroxylation is 1. The lowest BCUT2D eigenvalue weighted by atomic mass is 9.99. The van der Waals surface area contributed by atoms with Crippen LogP contribution in [0.2, 0.25) is 0 Å². The van der Waals surface area contributed by atoms with Crippen LogP contribution in [-0.2, 0) is 0 Å². The van der Waals surface area contributed by atoms with Crippen LogP contribution < -0.4 is 10.6 Å². The molecule has 1 fully saturated rings. The number of benzene rings is 1. The van der Waals surface area contributed by atoms with Gasteiger partial charge in [0.05, 0.1) is 0 Å². The van der Waals surface area contributed by atoms with E-state index < -0.39 is 0 Å². The molecule has 2 unspecified atom stereocenters. The summed E-state index contributed by atoms with van der Waals surface area (Å²) in [6.07, 6.45) is 0. The number of hydrogen-bond donors (Lipinski definition) is 2. The van der Waals surface area contributed by atoms with Crippen LogP contribution in [0.5, 0.6) is 0 Å². The predicted octanol–water partition coefficient (Wildman–Crippen LogP) is 3.16. The second-order valence-corrected chi connectivity index (χ2v) is 8.12. The lowest BCUT2D eigenvalue weighted by molar-refractivity contribution is 0.140. The topological polar surface area (TPSA) is 42.9 Å². The minimum Gasteiger partial charge on any atom is -0.357 e. The molecule has 1 aliphatic rings. The molecular formula is C22H40IN5. The van der Waals surface area contributed by atoms with Gasteiger partial charge < -0.3 is 20.4 Å². The first-order valence-electron chi connectivity index (χ1n) is 10.5. The average molecular weight is 502 g/mol. The van der Waals surface area contributed by atoms with Gasteiger partial charge in [0.15, 0.2) is 5.96 Å². The minimum atomic E-state index is 0. The lowest BCUT2D eigenvalue weighted by Gasteiger charge is -2.33. The average Bonchev–Trinajstić information content (AvgIpc) is 2.65. The van der Waals surface area contributed by atoms with Crippen molar-refractivity contribution in [1.29, 1.82) is 0 Å². The molecule has 2 rings (SSSR count). The Hall–Kier alpha value is -0.860. The molecule has 0 saturated carbocycles. The SMILES string of the molecule is CCNC(=NCC(C)CN1CCN(C)CC1)NCC(C)c1cccc(C)c1.I. The van der Waals surface area contributed by atoms with Gasteiger partial charge >= 0.3 is 0 Å². The highest BCUT2D eigenvalue weighted by Crippen LogP contribution is 2.15. The largest absolute Gasteiger partial charge is 0.357 e. The fourth-order valence-corrected chi connectivity index (χ4v) is 3.46. The maximum atomic E-state index is 4.83. The van der Waals surface area contributed by atoms with Crippen molar-refractivity contribution < 1.29 is 0 Å². The zero-order valence-corrected chi connectivity index (χ0v) is 20.7. The third kappa shape index (κ3) is 9.09. The highest BCUT2D eigenvalue weighted by atomic mass is 127. The molecule has 0 bridgehead atoms. The summed E-state index contributed by atoms with van der Waals surface area (Å²) in [6, 6.07) is 8.77. The molecule has 2 atom stereocenters. The quantitative estimate of drug-likeness (QED) is 0.327. The van der Waals surface area contributed by atoms with E-state index in [4.69, 9.17) is 4.99 Å². The maximum Gasteiger partial charge on any atom is 0.191 e. The summed E-state index contributed by atoms with van der Waals surface area (Å²) in [6.45, 7) is 17.3. The smallest absolute Gasteiger partial charge is 0.191 e. The lowest BCUT2D eigenvalue weighted by Crippen LogP contribution is -2.46. The van der Waals surface area contributed by atoms with Crippen LogP contribution in [0.4, 0.5) is 0 Å². The molecule has 0 spiro atoms. The van der Waals surface area contributed by atoms with Crippen molar-refractivity contribution in [2.24, 2.45) is 10.9 Å². The monoisotopic (exact) mass is 501 g/mol. The van der Waals surface area contributed by atoms with Crippen LogP contribution in [0.15, 0.2) is 29.3 Å². The van der Waals surface area contributed by atoms with Crippen molar-refractivity contribution in [2.75, 3.05) is 59.4 Å². The summed E-state index contributed by atoms with van der Waals surface area (Å²) >= 11 is 0. The van der Waals surface area contributed by atoms with Crippen LogP contribution in [0.3, 0.4) is 0 Å². The van der Waals surface area contributed by atoms with E-state index in [1.54, 1.807) is 0 Å². The van der Waals surface area contributed by atoms with E-state index in [0.29, 0.717) is 11.8 Å². The van der Waals surface area contributed by atoms with Gasteiger partial charge in [0.2, 0.25) is 0 Å². The Morgan fingerprint density at radius 3 is 2.50 bits per heavy atom. The van der Waals surface area contributed by atoms with E-state index in [2.05, 4.69) is 79.4 Å². The van der Waals surface area contributed by atoms with Crippen LogP contribution in [0.25, 0.3) is 0 Å². The van der Waals surface area contributed by atoms with E-state index >= 15 is 0 Å². The Balaban J connectivity index is 0.00000392. The van der Waals surface area contributed by atoms with Gasteiger partial charge in [0, 0.05) is 52.4 Å². The number of nitrogens with one attached hydrogen (secondary N) is 2. The normalized spacial score (nSPS) is 18.2. The maximum absolute atomic E-state index is 4.83. The van der Waals surface area contributed by atoms with Crippen LogP contribution in [0, 0.1) is 12.8 Å². The Kier molecular flexibility index (Phi) is 12.0. The van der Waals surface area contributed by atoms with Crippen LogP contribution in [0.1, 0.15) is 37.8 Å². The fraction of sp³-hybridized carbons (Fsp3) is 0.682. The molecular weight excluding hydrogens is 461 g/mol.